The Kier molecular flexibility index (Phi) is 10.6. The molecule has 2 heteroatoms. The first kappa shape index (κ1) is 40.5. The second kappa shape index (κ2) is 17.8. The van der Waals surface area contributed by atoms with Crippen molar-refractivity contribution in [1.82, 2.24) is 9.97 Å². The molecule has 68 heavy (non-hydrogen) atoms. The van der Waals surface area contributed by atoms with E-state index in [0.29, 0.717) is 5.82 Å². The van der Waals surface area contributed by atoms with E-state index in [1.807, 2.05) is 0 Å². The predicted octanol–water partition coefficient (Wildman–Crippen LogP) is 17.8. The maximum Gasteiger partial charge on any atom is 0.160 e. The average Bonchev–Trinajstić information content (AvgIpc) is 3.43. The molecule has 0 saturated carbocycles. The zero-order chi connectivity index (χ0) is 45.2. The summed E-state index contributed by atoms with van der Waals surface area (Å²) in [6, 6.07) is 95.5. The summed E-state index contributed by atoms with van der Waals surface area (Å²) in [5.74, 6) is 0.690. The Bertz CT molecular complexity index is 3750. The third-order valence-electron chi connectivity index (χ3n) is 13.1. The van der Waals surface area contributed by atoms with Gasteiger partial charge in [0.2, 0.25) is 0 Å². The van der Waals surface area contributed by atoms with Gasteiger partial charge in [-0.25, -0.2) is 9.97 Å². The maximum absolute atomic E-state index is 5.50. The lowest BCUT2D eigenvalue weighted by Gasteiger charge is -2.16. The summed E-state index contributed by atoms with van der Waals surface area (Å²) in [5.41, 5.74) is 20.3. The van der Waals surface area contributed by atoms with E-state index in [1.165, 1.54) is 44.5 Å². The topological polar surface area (TPSA) is 25.8 Å². The van der Waals surface area contributed by atoms with E-state index in [9.17, 15) is 0 Å². The molecule has 12 rings (SSSR count). The van der Waals surface area contributed by atoms with Crippen LogP contribution < -0.4 is 0 Å². The van der Waals surface area contributed by atoms with Gasteiger partial charge in [0.15, 0.2) is 5.82 Å². The highest BCUT2D eigenvalue weighted by atomic mass is 14.9. The molecule has 0 saturated heterocycles. The first-order chi connectivity index (χ1) is 33.7. The van der Waals surface area contributed by atoms with Crippen LogP contribution in [0.4, 0.5) is 0 Å². The van der Waals surface area contributed by atoms with Gasteiger partial charge in [0.25, 0.3) is 0 Å². The van der Waals surface area contributed by atoms with E-state index in [4.69, 9.17) is 9.97 Å². The molecule has 0 amide bonds. The van der Waals surface area contributed by atoms with Gasteiger partial charge >= 0.3 is 0 Å². The van der Waals surface area contributed by atoms with Gasteiger partial charge in [-0.1, -0.05) is 237 Å². The van der Waals surface area contributed by atoms with Gasteiger partial charge in [-0.3, -0.25) is 0 Å². The zero-order valence-corrected chi connectivity index (χ0v) is 37.3. The van der Waals surface area contributed by atoms with Crippen LogP contribution in [0.15, 0.2) is 267 Å². The van der Waals surface area contributed by atoms with Crippen LogP contribution in [0.2, 0.25) is 0 Å². The number of fused-ring (bicyclic) bond motifs is 3. The van der Waals surface area contributed by atoms with Crippen LogP contribution in [-0.2, 0) is 0 Å². The molecule has 0 bridgehead atoms. The van der Waals surface area contributed by atoms with Crippen LogP contribution in [0, 0.1) is 0 Å². The van der Waals surface area contributed by atoms with Gasteiger partial charge < -0.3 is 0 Å². The third kappa shape index (κ3) is 7.95. The summed E-state index contributed by atoms with van der Waals surface area (Å²) in [7, 11) is 0. The highest BCUT2D eigenvalue weighted by Gasteiger charge is 2.19. The van der Waals surface area contributed by atoms with E-state index in [1.54, 1.807) is 0 Å². The van der Waals surface area contributed by atoms with Gasteiger partial charge in [0, 0.05) is 21.9 Å². The molecule has 0 aliphatic rings. The van der Waals surface area contributed by atoms with Crippen molar-refractivity contribution in [3.8, 4) is 101 Å². The summed E-state index contributed by atoms with van der Waals surface area (Å²) in [6.07, 6.45) is 0. The van der Waals surface area contributed by atoms with Crippen LogP contribution in [-0.4, -0.2) is 9.97 Å². The van der Waals surface area contributed by atoms with Crippen molar-refractivity contribution in [2.45, 2.75) is 0 Å². The first-order valence-corrected chi connectivity index (χ1v) is 23.2. The van der Waals surface area contributed by atoms with Gasteiger partial charge in [0.1, 0.15) is 0 Å². The molecular formula is C66H44N2. The maximum atomic E-state index is 5.50. The van der Waals surface area contributed by atoms with Crippen molar-refractivity contribution in [3.63, 3.8) is 0 Å². The normalized spacial score (nSPS) is 11.2. The number of nitrogens with zero attached hydrogens (tertiary/aromatic N) is 2. The lowest BCUT2D eigenvalue weighted by molar-refractivity contribution is 1.23. The molecule has 0 N–H and O–H groups in total. The molecule has 0 atom stereocenters. The third-order valence-corrected chi connectivity index (χ3v) is 13.1. The minimum absolute atomic E-state index is 0.690. The fraction of sp³-hybridized carbons (Fsp3) is 0. The Balaban J connectivity index is 0.936. The van der Waals surface area contributed by atoms with Crippen molar-refractivity contribution in [2.75, 3.05) is 0 Å². The molecule has 2 nitrogen and oxygen atoms in total. The molecule has 0 aliphatic heterocycles. The van der Waals surface area contributed by atoms with Crippen LogP contribution >= 0.6 is 0 Å². The van der Waals surface area contributed by atoms with Crippen LogP contribution in [0.5, 0.6) is 0 Å². The molecule has 318 valence electrons. The molecular weight excluding hydrogens is 821 g/mol. The highest BCUT2D eigenvalue weighted by Crippen LogP contribution is 2.41. The van der Waals surface area contributed by atoms with E-state index >= 15 is 0 Å². The van der Waals surface area contributed by atoms with Crippen molar-refractivity contribution in [1.29, 1.82) is 0 Å². The summed E-state index contributed by atoms with van der Waals surface area (Å²) >= 11 is 0. The summed E-state index contributed by atoms with van der Waals surface area (Å²) in [5, 5.41) is 3.28. The molecule has 1 heterocycles. The molecule has 0 spiro atoms. The lowest BCUT2D eigenvalue weighted by Crippen LogP contribution is -1.98. The van der Waals surface area contributed by atoms with Gasteiger partial charge in [-0.15, -0.1) is 0 Å². The number of aromatic nitrogens is 2. The number of rotatable bonds is 9. The highest BCUT2D eigenvalue weighted by molar-refractivity contribution is 6.16. The Morgan fingerprint density at radius 1 is 0.221 bits per heavy atom. The monoisotopic (exact) mass is 864 g/mol. The van der Waals surface area contributed by atoms with Crippen LogP contribution in [0.1, 0.15) is 0 Å². The standard InChI is InChI=1S/C66H44N2/c1-4-16-45(17-5-1)52-23-12-27-56(40-52)58-29-14-25-54(42-58)47-32-36-50(37-33-47)64-63-62(49-20-8-3-9-21-49)44-60-22-10-11-31-61(60)65(63)68-66(67-64)51-38-34-48(35-39-51)55-26-15-30-59(43-55)57-28-13-24-53(41-57)46-18-6-2-7-19-46/h1-44H. The summed E-state index contributed by atoms with van der Waals surface area (Å²) in [4.78, 5) is 11.0. The largest absolute Gasteiger partial charge is 0.227 e. The zero-order valence-electron chi connectivity index (χ0n) is 37.3. The quantitative estimate of drug-likeness (QED) is 0.135. The van der Waals surface area contributed by atoms with E-state index in [2.05, 4.69) is 267 Å². The van der Waals surface area contributed by atoms with Crippen molar-refractivity contribution < 1.29 is 0 Å². The van der Waals surface area contributed by atoms with Gasteiger partial charge in [-0.2, -0.15) is 0 Å². The van der Waals surface area contributed by atoms with Crippen LogP contribution in [0.25, 0.3) is 122 Å². The Labute approximate surface area is 397 Å². The van der Waals surface area contributed by atoms with E-state index < -0.39 is 0 Å². The van der Waals surface area contributed by atoms with Gasteiger partial charge in [-0.05, 0) is 114 Å². The predicted molar refractivity (Wildman–Crippen MR) is 286 cm³/mol. The number of hydrogen-bond donors (Lipinski definition) is 0. The Morgan fingerprint density at radius 3 is 1.01 bits per heavy atom. The van der Waals surface area contributed by atoms with Crippen molar-refractivity contribution in [2.24, 2.45) is 0 Å². The molecule has 0 fully saturated rings. The average molecular weight is 865 g/mol. The van der Waals surface area contributed by atoms with Gasteiger partial charge in [0.05, 0.1) is 11.2 Å². The number of benzene rings is 11. The summed E-state index contributed by atoms with van der Waals surface area (Å²) in [6.45, 7) is 0. The smallest absolute Gasteiger partial charge is 0.160 e. The molecule has 1 aromatic heterocycles. The number of hydrogen-bond acceptors (Lipinski definition) is 2. The molecule has 11 aromatic carbocycles. The Hall–Kier alpha value is -8.98. The van der Waals surface area contributed by atoms with E-state index in [-0.39, 0.29) is 0 Å². The molecule has 0 unspecified atom stereocenters. The summed E-state index contributed by atoms with van der Waals surface area (Å²) < 4.78 is 0. The van der Waals surface area contributed by atoms with Crippen molar-refractivity contribution >= 4 is 21.7 Å². The second-order valence-electron chi connectivity index (χ2n) is 17.3. The Morgan fingerprint density at radius 2 is 0.559 bits per heavy atom. The minimum Gasteiger partial charge on any atom is -0.227 e. The lowest BCUT2D eigenvalue weighted by atomic mass is 9.92. The fourth-order valence-electron chi connectivity index (χ4n) is 9.57. The first-order valence-electron chi connectivity index (χ1n) is 23.2. The molecule has 0 radical (unpaired) electrons. The SMILES string of the molecule is c1ccc(-c2cccc(-c3cccc(-c4ccc(-c5nc(-c6ccc(-c7cccc(-c8cccc(-c9ccccc9)c8)c7)cc6)c6c(-c7ccccc7)cc7ccccc7c6n5)cc4)c3)c2)cc1. The fourth-order valence-corrected chi connectivity index (χ4v) is 9.57. The van der Waals surface area contributed by atoms with Crippen LogP contribution in [0.3, 0.4) is 0 Å². The molecule has 12 aromatic rings. The van der Waals surface area contributed by atoms with Crippen molar-refractivity contribution in [3.05, 3.63) is 267 Å². The second-order valence-corrected chi connectivity index (χ2v) is 17.3. The molecule has 0 aliphatic carbocycles. The minimum atomic E-state index is 0.690. The van der Waals surface area contributed by atoms with E-state index in [0.717, 1.165) is 71.9 Å².